The Kier molecular flexibility index (Phi) is 9.84. The Bertz CT molecular complexity index is 388. The highest BCUT2D eigenvalue weighted by atomic mass is 32.2. The van der Waals surface area contributed by atoms with E-state index in [9.17, 15) is 14.4 Å². The highest BCUT2D eigenvalue weighted by molar-refractivity contribution is 7.98. The summed E-state index contributed by atoms with van der Waals surface area (Å²) in [4.78, 5) is 35.5. The van der Waals surface area contributed by atoms with E-state index in [4.69, 9.17) is 11.5 Å². The first-order valence-corrected chi connectivity index (χ1v) is 8.73. The van der Waals surface area contributed by atoms with Gasteiger partial charge in [0.15, 0.2) is 0 Å². The van der Waals surface area contributed by atoms with Crippen LogP contribution in [0.1, 0.15) is 33.6 Å². The molecule has 0 rings (SSSR count). The second-order valence-electron chi connectivity index (χ2n) is 5.72. The third-order valence-electron chi connectivity index (χ3n) is 3.02. The molecule has 0 heterocycles. The lowest BCUT2D eigenvalue weighted by Crippen LogP contribution is -2.55. The molecule has 6 N–H and O–H groups in total. The van der Waals surface area contributed by atoms with Crippen LogP contribution < -0.4 is 22.1 Å². The molecule has 128 valence electrons. The third kappa shape index (κ3) is 8.23. The van der Waals surface area contributed by atoms with E-state index in [-0.39, 0.29) is 5.92 Å². The van der Waals surface area contributed by atoms with Crippen molar-refractivity contribution in [1.82, 2.24) is 10.6 Å². The fourth-order valence-electron chi connectivity index (χ4n) is 1.80. The van der Waals surface area contributed by atoms with E-state index in [1.807, 2.05) is 20.1 Å². The standard InChI is InChI=1S/C14H28N4O3S/c1-8(2)7-11(18-13(20)9(3)15)14(21)17-10(12(16)19)5-6-22-4/h8-11H,5-7,15H2,1-4H3,(H2,16,19)(H,17,21)(H,18,20)/t9-,10+,11+/m1/s1. The van der Waals surface area contributed by atoms with E-state index in [1.165, 1.54) is 0 Å². The average molecular weight is 332 g/mol. The summed E-state index contributed by atoms with van der Waals surface area (Å²) < 4.78 is 0. The van der Waals surface area contributed by atoms with Gasteiger partial charge in [-0.05, 0) is 37.7 Å². The van der Waals surface area contributed by atoms with Crippen molar-refractivity contribution < 1.29 is 14.4 Å². The molecule has 0 aliphatic carbocycles. The van der Waals surface area contributed by atoms with Crippen LogP contribution in [0.5, 0.6) is 0 Å². The minimum Gasteiger partial charge on any atom is -0.368 e. The Morgan fingerprint density at radius 3 is 2.00 bits per heavy atom. The predicted molar refractivity (Wildman–Crippen MR) is 89.2 cm³/mol. The Morgan fingerprint density at radius 1 is 1.05 bits per heavy atom. The molecule has 0 fully saturated rings. The summed E-state index contributed by atoms with van der Waals surface area (Å²) in [5.41, 5.74) is 10.8. The molecule has 0 unspecified atom stereocenters. The largest absolute Gasteiger partial charge is 0.368 e. The Morgan fingerprint density at radius 2 is 1.59 bits per heavy atom. The molecule has 7 nitrogen and oxygen atoms in total. The van der Waals surface area contributed by atoms with Gasteiger partial charge in [0, 0.05) is 0 Å². The number of thioether (sulfide) groups is 1. The number of amides is 3. The van der Waals surface area contributed by atoms with Gasteiger partial charge in [-0.2, -0.15) is 11.8 Å². The van der Waals surface area contributed by atoms with Gasteiger partial charge < -0.3 is 22.1 Å². The summed E-state index contributed by atoms with van der Waals surface area (Å²) in [5.74, 6) is -0.491. The van der Waals surface area contributed by atoms with Gasteiger partial charge in [-0.3, -0.25) is 14.4 Å². The van der Waals surface area contributed by atoms with E-state index < -0.39 is 35.8 Å². The molecular weight excluding hydrogens is 304 g/mol. The maximum Gasteiger partial charge on any atom is 0.243 e. The van der Waals surface area contributed by atoms with Gasteiger partial charge >= 0.3 is 0 Å². The fourth-order valence-corrected chi connectivity index (χ4v) is 2.27. The number of nitrogens with one attached hydrogen (secondary N) is 2. The molecule has 0 aromatic carbocycles. The molecule has 0 saturated carbocycles. The van der Waals surface area contributed by atoms with Crippen LogP contribution in [0.2, 0.25) is 0 Å². The number of nitrogens with two attached hydrogens (primary N) is 2. The van der Waals surface area contributed by atoms with Crippen LogP contribution in [-0.2, 0) is 14.4 Å². The normalized spacial score (nSPS) is 15.0. The van der Waals surface area contributed by atoms with Crippen molar-refractivity contribution in [2.24, 2.45) is 17.4 Å². The number of rotatable bonds is 10. The highest BCUT2D eigenvalue weighted by Crippen LogP contribution is 2.07. The topological polar surface area (TPSA) is 127 Å². The Balaban J connectivity index is 4.85. The monoisotopic (exact) mass is 332 g/mol. The quantitative estimate of drug-likeness (QED) is 0.432. The van der Waals surface area contributed by atoms with Gasteiger partial charge in [0.2, 0.25) is 17.7 Å². The number of primary amides is 1. The van der Waals surface area contributed by atoms with E-state index in [0.717, 1.165) is 0 Å². The van der Waals surface area contributed by atoms with E-state index in [2.05, 4.69) is 10.6 Å². The summed E-state index contributed by atoms with van der Waals surface area (Å²) in [6.45, 7) is 5.43. The third-order valence-corrected chi connectivity index (χ3v) is 3.67. The lowest BCUT2D eigenvalue weighted by Gasteiger charge is -2.23. The van der Waals surface area contributed by atoms with Crippen LogP contribution in [-0.4, -0.2) is 47.9 Å². The number of hydrogen-bond acceptors (Lipinski definition) is 5. The molecule has 0 aromatic rings. The zero-order chi connectivity index (χ0) is 17.3. The first-order chi connectivity index (χ1) is 10.2. The molecule has 0 aromatic heterocycles. The van der Waals surface area contributed by atoms with Crippen LogP contribution >= 0.6 is 11.8 Å². The summed E-state index contributed by atoms with van der Waals surface area (Å²) in [6.07, 6.45) is 2.82. The maximum atomic E-state index is 12.3. The zero-order valence-electron chi connectivity index (χ0n) is 13.7. The van der Waals surface area contributed by atoms with Gasteiger partial charge in [0.05, 0.1) is 6.04 Å². The predicted octanol–water partition coefficient (Wildman–Crippen LogP) is -0.412. The SMILES string of the molecule is CSCC[C@H](NC(=O)[C@H](CC(C)C)NC(=O)[C@@H](C)N)C(N)=O. The first-order valence-electron chi connectivity index (χ1n) is 7.33. The van der Waals surface area contributed by atoms with Crippen molar-refractivity contribution in [3.63, 3.8) is 0 Å². The van der Waals surface area contributed by atoms with Crippen LogP contribution in [0.3, 0.4) is 0 Å². The number of carbonyl (C=O) groups is 3. The summed E-state index contributed by atoms with van der Waals surface area (Å²) >= 11 is 1.56. The van der Waals surface area contributed by atoms with E-state index in [0.29, 0.717) is 18.6 Å². The van der Waals surface area contributed by atoms with Crippen LogP contribution in [0.15, 0.2) is 0 Å². The summed E-state index contributed by atoms with van der Waals surface area (Å²) in [7, 11) is 0. The molecule has 3 atom stereocenters. The minimum atomic E-state index is -0.734. The molecule has 22 heavy (non-hydrogen) atoms. The van der Waals surface area contributed by atoms with Crippen molar-refractivity contribution in [1.29, 1.82) is 0 Å². The van der Waals surface area contributed by atoms with Crippen LogP contribution in [0, 0.1) is 5.92 Å². The van der Waals surface area contributed by atoms with Gasteiger partial charge in [0.25, 0.3) is 0 Å². The molecule has 0 aliphatic heterocycles. The molecule has 3 amide bonds. The number of carbonyl (C=O) groups excluding carboxylic acids is 3. The smallest absolute Gasteiger partial charge is 0.243 e. The van der Waals surface area contributed by atoms with Crippen LogP contribution in [0.4, 0.5) is 0 Å². The van der Waals surface area contributed by atoms with E-state index in [1.54, 1.807) is 18.7 Å². The molecule has 0 aliphatic rings. The average Bonchev–Trinajstić information content (AvgIpc) is 2.41. The second kappa shape index (κ2) is 10.4. The molecular formula is C14H28N4O3S. The molecule has 8 heteroatoms. The van der Waals surface area contributed by atoms with Crippen molar-refractivity contribution >= 4 is 29.5 Å². The first kappa shape index (κ1) is 20.7. The molecule has 0 radical (unpaired) electrons. The molecule has 0 spiro atoms. The van der Waals surface area contributed by atoms with Crippen LogP contribution in [0.25, 0.3) is 0 Å². The van der Waals surface area contributed by atoms with Crippen molar-refractivity contribution in [2.45, 2.75) is 51.7 Å². The van der Waals surface area contributed by atoms with Gasteiger partial charge in [0.1, 0.15) is 12.1 Å². The highest BCUT2D eigenvalue weighted by Gasteiger charge is 2.26. The second-order valence-corrected chi connectivity index (χ2v) is 6.71. The van der Waals surface area contributed by atoms with Gasteiger partial charge in [-0.1, -0.05) is 13.8 Å². The maximum absolute atomic E-state index is 12.3. The minimum absolute atomic E-state index is 0.197. The van der Waals surface area contributed by atoms with Crippen molar-refractivity contribution in [3.05, 3.63) is 0 Å². The summed E-state index contributed by atoms with van der Waals surface area (Å²) in [6, 6.07) is -2.16. The fraction of sp³-hybridized carbons (Fsp3) is 0.786. The lowest BCUT2D eigenvalue weighted by molar-refractivity contribution is -0.132. The van der Waals surface area contributed by atoms with Crippen molar-refractivity contribution in [3.8, 4) is 0 Å². The zero-order valence-corrected chi connectivity index (χ0v) is 14.5. The lowest BCUT2D eigenvalue weighted by atomic mass is 10.0. The molecule has 0 saturated heterocycles. The van der Waals surface area contributed by atoms with Crippen molar-refractivity contribution in [2.75, 3.05) is 12.0 Å². The molecule has 0 bridgehead atoms. The van der Waals surface area contributed by atoms with Gasteiger partial charge in [-0.15, -0.1) is 0 Å². The van der Waals surface area contributed by atoms with E-state index >= 15 is 0 Å². The number of hydrogen-bond donors (Lipinski definition) is 4. The Hall–Kier alpha value is -1.28. The Labute approximate surface area is 136 Å². The summed E-state index contributed by atoms with van der Waals surface area (Å²) in [5, 5.41) is 5.23. The van der Waals surface area contributed by atoms with Gasteiger partial charge in [-0.25, -0.2) is 0 Å².